The Balaban J connectivity index is 2.07. The zero-order valence-electron chi connectivity index (χ0n) is 11.9. The normalized spacial score (nSPS) is 10.4. The number of ether oxygens (including phenoxy) is 1. The Morgan fingerprint density at radius 3 is 2.76 bits per heavy atom. The lowest BCUT2D eigenvalue weighted by Crippen LogP contribution is -2.16. The van der Waals surface area contributed by atoms with E-state index in [1.807, 2.05) is 32.3 Å². The Kier molecular flexibility index (Phi) is 4.87. The van der Waals surface area contributed by atoms with Gasteiger partial charge in [0.1, 0.15) is 5.69 Å². The zero-order valence-corrected chi connectivity index (χ0v) is 11.9. The second-order valence-electron chi connectivity index (χ2n) is 4.43. The van der Waals surface area contributed by atoms with E-state index in [4.69, 9.17) is 4.74 Å². The summed E-state index contributed by atoms with van der Waals surface area (Å²) in [5.41, 5.74) is 1.19. The summed E-state index contributed by atoms with van der Waals surface area (Å²) in [6.07, 6.45) is 4.07. The van der Waals surface area contributed by atoms with Crippen LogP contribution in [-0.2, 0) is 0 Å². The minimum atomic E-state index is -0.587. The quantitative estimate of drug-likeness (QED) is 0.692. The van der Waals surface area contributed by atoms with E-state index in [0.717, 1.165) is 0 Å². The fourth-order valence-corrected chi connectivity index (χ4v) is 1.50. The molecule has 1 N–H and O–H groups in total. The number of pyridine rings is 1. The Morgan fingerprint density at radius 2 is 2.05 bits per heavy atom. The second-order valence-corrected chi connectivity index (χ2v) is 4.43. The molecular weight excluding hydrogens is 268 g/mol. The van der Waals surface area contributed by atoms with E-state index in [1.165, 1.54) is 6.20 Å². The molecular formula is C15H16N4O2. The molecule has 1 heterocycles. The molecule has 0 aliphatic rings. The molecule has 0 aliphatic heterocycles. The number of hydrogen-bond acceptors (Lipinski definition) is 4. The van der Waals surface area contributed by atoms with Crippen molar-refractivity contribution in [3.05, 3.63) is 48.8 Å². The van der Waals surface area contributed by atoms with E-state index in [0.29, 0.717) is 17.1 Å². The van der Waals surface area contributed by atoms with Crippen molar-refractivity contribution < 1.29 is 9.53 Å². The van der Waals surface area contributed by atoms with Gasteiger partial charge in [0.15, 0.2) is 5.75 Å². The fourth-order valence-electron chi connectivity index (χ4n) is 1.50. The minimum absolute atomic E-state index is 0.295. The number of nitrogens with zero attached hydrogens (tertiary/aromatic N) is 3. The largest absolute Gasteiger partial charge is 0.417 e. The van der Waals surface area contributed by atoms with Crippen LogP contribution in [0.5, 0.6) is 5.75 Å². The Morgan fingerprint density at radius 1 is 1.29 bits per heavy atom. The first-order chi connectivity index (χ1) is 10.1. The highest BCUT2D eigenvalue weighted by atomic mass is 16.6. The Hall–Kier alpha value is -2.89. The van der Waals surface area contributed by atoms with Crippen LogP contribution in [0.25, 0.3) is 0 Å². The van der Waals surface area contributed by atoms with E-state index in [2.05, 4.69) is 15.3 Å². The van der Waals surface area contributed by atoms with Gasteiger partial charge in [-0.25, -0.2) is 9.79 Å². The van der Waals surface area contributed by atoms with Gasteiger partial charge in [-0.3, -0.25) is 10.3 Å². The Labute approximate surface area is 123 Å². The lowest BCUT2D eigenvalue weighted by Gasteiger charge is -2.08. The number of rotatable bonds is 4. The number of aliphatic imine (C=N–C) groups is 1. The first kappa shape index (κ1) is 14.5. The van der Waals surface area contributed by atoms with Gasteiger partial charge in [0, 0.05) is 26.0 Å². The highest BCUT2D eigenvalue weighted by Crippen LogP contribution is 2.25. The molecule has 0 saturated carbocycles. The van der Waals surface area contributed by atoms with Crippen LogP contribution in [0.1, 0.15) is 0 Å². The molecule has 2 aromatic rings. The fraction of sp³-hybridized carbons (Fsp3) is 0.133. The number of amides is 1. The summed E-state index contributed by atoms with van der Waals surface area (Å²) in [5, 5.41) is 2.63. The zero-order chi connectivity index (χ0) is 15.1. The number of benzene rings is 1. The molecule has 2 rings (SSSR count). The van der Waals surface area contributed by atoms with Gasteiger partial charge in [-0.1, -0.05) is 18.2 Å². The molecule has 0 aliphatic carbocycles. The first-order valence-corrected chi connectivity index (χ1v) is 6.33. The third kappa shape index (κ3) is 4.61. The summed E-state index contributed by atoms with van der Waals surface area (Å²) in [7, 11) is 3.71. The van der Waals surface area contributed by atoms with Gasteiger partial charge < -0.3 is 9.64 Å². The summed E-state index contributed by atoms with van der Waals surface area (Å²) in [6, 6.07) is 10.7. The van der Waals surface area contributed by atoms with Crippen molar-refractivity contribution >= 4 is 23.8 Å². The molecule has 0 fully saturated rings. The average molecular weight is 284 g/mol. The maximum Gasteiger partial charge on any atom is 0.417 e. The van der Waals surface area contributed by atoms with Crippen LogP contribution in [-0.4, -0.2) is 36.4 Å². The van der Waals surface area contributed by atoms with Gasteiger partial charge in [0.2, 0.25) is 0 Å². The number of hydrogen-bond donors (Lipinski definition) is 1. The Bertz CT molecular complexity index is 627. The van der Waals surface area contributed by atoms with E-state index < -0.39 is 6.09 Å². The molecule has 0 unspecified atom stereocenters. The lowest BCUT2D eigenvalue weighted by molar-refractivity contribution is 0.215. The van der Waals surface area contributed by atoms with Crippen LogP contribution in [0.2, 0.25) is 0 Å². The topological polar surface area (TPSA) is 66.8 Å². The van der Waals surface area contributed by atoms with Crippen molar-refractivity contribution in [2.24, 2.45) is 4.99 Å². The molecule has 0 saturated heterocycles. The molecule has 0 bridgehead atoms. The summed E-state index contributed by atoms with van der Waals surface area (Å²) in [4.78, 5) is 21.8. The molecule has 6 nitrogen and oxygen atoms in total. The summed E-state index contributed by atoms with van der Waals surface area (Å²) in [6.45, 7) is 0. The SMILES string of the molecule is CN(C)/C=N/c1ccncc1OC(=O)Nc1ccccc1. The number of carbonyl (C=O) groups is 1. The van der Waals surface area contributed by atoms with Crippen LogP contribution < -0.4 is 10.1 Å². The van der Waals surface area contributed by atoms with E-state index in [-0.39, 0.29) is 0 Å². The highest BCUT2D eigenvalue weighted by Gasteiger charge is 2.09. The predicted octanol–water partition coefficient (Wildman–Crippen LogP) is 2.91. The monoisotopic (exact) mass is 284 g/mol. The first-order valence-electron chi connectivity index (χ1n) is 6.33. The van der Waals surface area contributed by atoms with Gasteiger partial charge >= 0.3 is 6.09 Å². The van der Waals surface area contributed by atoms with Crippen molar-refractivity contribution in [3.8, 4) is 5.75 Å². The molecule has 1 aromatic carbocycles. The van der Waals surface area contributed by atoms with Gasteiger partial charge in [0.05, 0.1) is 12.5 Å². The molecule has 0 atom stereocenters. The number of carbonyl (C=O) groups excluding carboxylic acids is 1. The van der Waals surface area contributed by atoms with E-state index in [9.17, 15) is 4.79 Å². The number of anilines is 1. The highest BCUT2D eigenvalue weighted by molar-refractivity contribution is 5.87. The van der Waals surface area contributed by atoms with E-state index >= 15 is 0 Å². The summed E-state index contributed by atoms with van der Waals surface area (Å²) in [5.74, 6) is 0.295. The molecule has 0 radical (unpaired) electrons. The van der Waals surface area contributed by atoms with E-state index in [1.54, 1.807) is 35.6 Å². The van der Waals surface area contributed by atoms with Crippen LogP contribution >= 0.6 is 0 Å². The van der Waals surface area contributed by atoms with Crippen molar-refractivity contribution in [1.29, 1.82) is 0 Å². The van der Waals surface area contributed by atoms with Gasteiger partial charge in [-0.2, -0.15) is 0 Å². The molecule has 1 aromatic heterocycles. The molecule has 0 spiro atoms. The smallest absolute Gasteiger partial charge is 0.406 e. The van der Waals surface area contributed by atoms with Crippen molar-refractivity contribution in [2.75, 3.05) is 19.4 Å². The van der Waals surface area contributed by atoms with Crippen molar-refractivity contribution in [3.63, 3.8) is 0 Å². The summed E-state index contributed by atoms with van der Waals surface area (Å²) < 4.78 is 5.24. The number of aromatic nitrogens is 1. The van der Waals surface area contributed by atoms with Crippen molar-refractivity contribution in [2.45, 2.75) is 0 Å². The molecule has 1 amide bonds. The van der Waals surface area contributed by atoms with Crippen LogP contribution in [0.15, 0.2) is 53.8 Å². The number of para-hydroxylation sites is 1. The lowest BCUT2D eigenvalue weighted by atomic mass is 10.3. The predicted molar refractivity (Wildman–Crippen MR) is 82.2 cm³/mol. The van der Waals surface area contributed by atoms with Gasteiger partial charge in [-0.15, -0.1) is 0 Å². The van der Waals surface area contributed by atoms with Crippen LogP contribution in [0.3, 0.4) is 0 Å². The van der Waals surface area contributed by atoms with Crippen molar-refractivity contribution in [1.82, 2.24) is 9.88 Å². The van der Waals surface area contributed by atoms with Crippen LogP contribution in [0, 0.1) is 0 Å². The third-order valence-corrected chi connectivity index (χ3v) is 2.41. The average Bonchev–Trinajstić information content (AvgIpc) is 2.47. The third-order valence-electron chi connectivity index (χ3n) is 2.41. The van der Waals surface area contributed by atoms with Gasteiger partial charge in [0.25, 0.3) is 0 Å². The summed E-state index contributed by atoms with van der Waals surface area (Å²) >= 11 is 0. The molecule has 21 heavy (non-hydrogen) atoms. The standard InChI is InChI=1S/C15H16N4O2/c1-19(2)11-17-13-8-9-16-10-14(13)21-15(20)18-12-6-4-3-5-7-12/h3-11H,1-2H3,(H,18,20)/b17-11+. The second kappa shape index (κ2) is 7.04. The minimum Gasteiger partial charge on any atom is -0.406 e. The number of nitrogens with one attached hydrogen (secondary N) is 1. The maximum atomic E-state index is 11.8. The maximum absolute atomic E-state index is 11.8. The van der Waals surface area contributed by atoms with Gasteiger partial charge in [-0.05, 0) is 18.2 Å². The van der Waals surface area contributed by atoms with Crippen LogP contribution in [0.4, 0.5) is 16.2 Å². The molecule has 108 valence electrons. The molecule has 6 heteroatoms.